The molecule has 0 amide bonds. The van der Waals surface area contributed by atoms with E-state index in [1.54, 1.807) is 36.1 Å². The van der Waals surface area contributed by atoms with E-state index in [1.807, 2.05) is 41.8 Å². The summed E-state index contributed by atoms with van der Waals surface area (Å²) in [5, 5.41) is 22.9. The number of rotatable bonds is 8. The van der Waals surface area contributed by atoms with Gasteiger partial charge in [0.2, 0.25) is 5.78 Å². The van der Waals surface area contributed by atoms with E-state index in [2.05, 4.69) is 5.38 Å². The molecule has 0 bridgehead atoms. The summed E-state index contributed by atoms with van der Waals surface area (Å²) in [5.74, 6) is 1.03. The topological polar surface area (TPSA) is 66.8 Å². The molecule has 2 aromatic rings. The van der Waals surface area contributed by atoms with Crippen LogP contribution < -0.4 is 0 Å². The highest BCUT2D eigenvalue weighted by atomic mass is 32.2. The third-order valence-electron chi connectivity index (χ3n) is 4.42. The van der Waals surface area contributed by atoms with E-state index in [1.165, 1.54) is 0 Å². The molecular formula is C20H22O4S2. The van der Waals surface area contributed by atoms with Gasteiger partial charge < -0.3 is 14.9 Å². The molecule has 2 heterocycles. The first-order valence-electron chi connectivity index (χ1n) is 8.45. The third kappa shape index (κ3) is 4.20. The van der Waals surface area contributed by atoms with Crippen molar-refractivity contribution in [2.75, 3.05) is 12.4 Å². The zero-order valence-electron chi connectivity index (χ0n) is 14.5. The van der Waals surface area contributed by atoms with Crippen molar-refractivity contribution in [1.29, 1.82) is 0 Å². The SMILES string of the molecule is CC1(c2ccccc2)OC(CC(SCC(O)CO)c2ccsc2)=CC1=O. The number of thioether (sulfide) groups is 1. The largest absolute Gasteiger partial charge is 0.479 e. The highest BCUT2D eigenvalue weighted by Gasteiger charge is 2.42. The molecule has 1 aliphatic heterocycles. The van der Waals surface area contributed by atoms with Crippen LogP contribution in [-0.2, 0) is 15.1 Å². The summed E-state index contributed by atoms with van der Waals surface area (Å²) in [6.07, 6.45) is 1.40. The Morgan fingerprint density at radius 1 is 1.27 bits per heavy atom. The minimum atomic E-state index is -0.981. The van der Waals surface area contributed by atoms with Gasteiger partial charge in [-0.05, 0) is 29.3 Å². The van der Waals surface area contributed by atoms with Gasteiger partial charge in [0.25, 0.3) is 0 Å². The van der Waals surface area contributed by atoms with Crippen molar-refractivity contribution in [3.05, 3.63) is 70.1 Å². The molecule has 2 N–H and O–H groups in total. The Morgan fingerprint density at radius 3 is 2.69 bits per heavy atom. The zero-order chi connectivity index (χ0) is 18.6. The van der Waals surface area contributed by atoms with E-state index >= 15 is 0 Å². The van der Waals surface area contributed by atoms with Crippen LogP contribution in [0.25, 0.3) is 0 Å². The predicted molar refractivity (Wildman–Crippen MR) is 105 cm³/mol. The van der Waals surface area contributed by atoms with E-state index in [0.29, 0.717) is 17.9 Å². The third-order valence-corrected chi connectivity index (χ3v) is 6.54. The molecule has 3 unspecified atom stereocenters. The zero-order valence-corrected chi connectivity index (χ0v) is 16.1. The number of allylic oxidation sites excluding steroid dienone is 1. The first-order chi connectivity index (χ1) is 12.5. The monoisotopic (exact) mass is 390 g/mol. The lowest BCUT2D eigenvalue weighted by Crippen LogP contribution is -2.29. The molecule has 0 spiro atoms. The average molecular weight is 391 g/mol. The van der Waals surface area contributed by atoms with Crippen molar-refractivity contribution < 1.29 is 19.7 Å². The molecule has 1 aromatic heterocycles. The van der Waals surface area contributed by atoms with E-state index in [-0.39, 0.29) is 17.6 Å². The summed E-state index contributed by atoms with van der Waals surface area (Å²) in [7, 11) is 0. The number of carbonyl (C=O) groups is 1. The van der Waals surface area contributed by atoms with Crippen LogP contribution in [0.3, 0.4) is 0 Å². The molecule has 3 rings (SSSR count). The first-order valence-corrected chi connectivity index (χ1v) is 10.4. The van der Waals surface area contributed by atoms with Gasteiger partial charge in [0.1, 0.15) is 5.76 Å². The number of hydrogen-bond donors (Lipinski definition) is 2. The van der Waals surface area contributed by atoms with Gasteiger partial charge in [-0.15, -0.1) is 0 Å². The average Bonchev–Trinajstić information content (AvgIpc) is 3.28. The first kappa shape index (κ1) is 19.2. The summed E-state index contributed by atoms with van der Waals surface area (Å²) in [4.78, 5) is 12.6. The summed E-state index contributed by atoms with van der Waals surface area (Å²) < 4.78 is 6.10. The molecule has 0 radical (unpaired) electrons. The van der Waals surface area contributed by atoms with Crippen LogP contribution in [0.2, 0.25) is 0 Å². The molecule has 26 heavy (non-hydrogen) atoms. The predicted octanol–water partition coefficient (Wildman–Crippen LogP) is 3.66. The summed E-state index contributed by atoms with van der Waals surface area (Å²) in [6.45, 7) is 1.55. The number of ether oxygens (including phenoxy) is 1. The molecular weight excluding hydrogens is 368 g/mol. The summed E-state index contributed by atoms with van der Waals surface area (Å²) in [5.41, 5.74) is 0.993. The van der Waals surface area contributed by atoms with Gasteiger partial charge in [-0.1, -0.05) is 30.3 Å². The van der Waals surface area contributed by atoms with E-state index < -0.39 is 11.7 Å². The lowest BCUT2D eigenvalue weighted by molar-refractivity contribution is -0.129. The van der Waals surface area contributed by atoms with Crippen molar-refractivity contribution in [2.45, 2.75) is 30.3 Å². The van der Waals surface area contributed by atoms with Crippen LogP contribution >= 0.6 is 23.1 Å². The van der Waals surface area contributed by atoms with Crippen LogP contribution in [-0.4, -0.2) is 34.5 Å². The van der Waals surface area contributed by atoms with Crippen LogP contribution in [0.1, 0.15) is 29.7 Å². The number of benzene rings is 1. The maximum Gasteiger partial charge on any atom is 0.206 e. The quantitative estimate of drug-likeness (QED) is 0.720. The number of aliphatic hydroxyl groups is 2. The van der Waals surface area contributed by atoms with Gasteiger partial charge >= 0.3 is 0 Å². The van der Waals surface area contributed by atoms with Crippen molar-refractivity contribution in [3.63, 3.8) is 0 Å². The molecule has 0 fully saturated rings. The number of carbonyl (C=O) groups excluding carboxylic acids is 1. The molecule has 1 aliphatic rings. The number of thiophene rings is 1. The Hall–Kier alpha value is -1.60. The molecule has 0 aliphatic carbocycles. The lowest BCUT2D eigenvalue weighted by Gasteiger charge is -2.25. The van der Waals surface area contributed by atoms with Crippen LogP contribution in [0, 0.1) is 0 Å². The molecule has 6 heteroatoms. The molecule has 3 atom stereocenters. The normalized spacial score (nSPS) is 22.0. The molecule has 0 saturated heterocycles. The fourth-order valence-electron chi connectivity index (χ4n) is 2.88. The van der Waals surface area contributed by atoms with Crippen LogP contribution in [0.4, 0.5) is 0 Å². The standard InChI is InChI=1S/C20H22O4S2/c1-20(15-5-3-2-4-6-15)19(23)10-17(24-20)9-18(14-7-8-25-12-14)26-13-16(22)11-21/h2-8,10,12,16,18,21-22H,9,11,13H2,1H3. The van der Waals surface area contributed by atoms with E-state index in [4.69, 9.17) is 9.84 Å². The Bertz CT molecular complexity index is 757. The molecule has 0 saturated carbocycles. The Kier molecular flexibility index (Phi) is 6.19. The summed E-state index contributed by atoms with van der Waals surface area (Å²) >= 11 is 3.17. The van der Waals surface area contributed by atoms with Gasteiger partial charge in [-0.25, -0.2) is 0 Å². The second-order valence-corrected chi connectivity index (χ2v) is 8.41. The molecule has 138 valence electrons. The summed E-state index contributed by atoms with van der Waals surface area (Å²) in [6, 6.07) is 11.6. The van der Waals surface area contributed by atoms with E-state index in [0.717, 1.165) is 11.1 Å². The van der Waals surface area contributed by atoms with Crippen molar-refractivity contribution >= 4 is 28.9 Å². The lowest BCUT2D eigenvalue weighted by atomic mass is 9.92. The highest BCUT2D eigenvalue weighted by Crippen LogP contribution is 2.42. The van der Waals surface area contributed by atoms with Crippen molar-refractivity contribution in [1.82, 2.24) is 0 Å². The van der Waals surface area contributed by atoms with Gasteiger partial charge in [-0.3, -0.25) is 4.79 Å². The van der Waals surface area contributed by atoms with Gasteiger partial charge in [-0.2, -0.15) is 23.1 Å². The maximum absolute atomic E-state index is 12.6. The minimum absolute atomic E-state index is 0.0526. The van der Waals surface area contributed by atoms with Gasteiger partial charge in [0.05, 0.1) is 12.7 Å². The maximum atomic E-state index is 12.6. The number of ketones is 1. The Labute approximate surface area is 161 Å². The minimum Gasteiger partial charge on any atom is -0.479 e. The second kappa shape index (κ2) is 8.39. The number of aliphatic hydroxyl groups excluding tert-OH is 2. The molecule has 4 nitrogen and oxygen atoms in total. The van der Waals surface area contributed by atoms with Gasteiger partial charge in [0.15, 0.2) is 5.60 Å². The molecule has 1 aromatic carbocycles. The Morgan fingerprint density at radius 2 is 2.04 bits per heavy atom. The van der Waals surface area contributed by atoms with Crippen LogP contribution in [0.15, 0.2) is 59.0 Å². The van der Waals surface area contributed by atoms with Crippen molar-refractivity contribution in [3.8, 4) is 0 Å². The second-order valence-electron chi connectivity index (χ2n) is 6.40. The fourth-order valence-corrected chi connectivity index (χ4v) is 4.86. The number of hydrogen-bond acceptors (Lipinski definition) is 6. The van der Waals surface area contributed by atoms with E-state index in [9.17, 15) is 9.90 Å². The smallest absolute Gasteiger partial charge is 0.206 e. The van der Waals surface area contributed by atoms with Gasteiger partial charge in [0, 0.05) is 29.1 Å². The highest BCUT2D eigenvalue weighted by molar-refractivity contribution is 7.99. The van der Waals surface area contributed by atoms with Crippen LogP contribution in [0.5, 0.6) is 0 Å². The van der Waals surface area contributed by atoms with Crippen molar-refractivity contribution in [2.24, 2.45) is 0 Å². The fraction of sp³-hybridized carbons (Fsp3) is 0.350. The Balaban J connectivity index is 1.73.